The Morgan fingerprint density at radius 2 is 1.56 bits per heavy atom. The normalized spacial score (nSPS) is 37.7. The summed E-state index contributed by atoms with van der Waals surface area (Å²) in [4.78, 5) is 46.4. The van der Waals surface area contributed by atoms with Gasteiger partial charge in [-0.25, -0.2) is 38.8 Å². The molecule has 0 bridgehead atoms. The fourth-order valence-corrected chi connectivity index (χ4v) is 8.30. The lowest BCUT2D eigenvalue weighted by Gasteiger charge is -2.29. The minimum atomic E-state index is -4.34. The standard InChI is InChI=1S/C20H24N10O11P2S2/c21-14-8-16(25-3-23-14)29(5-27-8)18-10(31)12-6(38-18)1-36-43(35,45)41-13-7(2-37-42(34,44)40-12)39-19(11(13)32)30-17-9(28-20(30)33)15(22)24-4-26-17/h3-7,10-13,18-19,31-32H,1-2H2,(H,28,33)(H,34,44)(H,35,45)(H2,21,23,25)(H2,22,24,26)/t6-,7-,10-,11-,12-,13-,18-,19-,42?,43?/m1/s1. The second kappa shape index (κ2) is 11.3. The number of nitrogens with zero attached hydrogens (tertiary/aromatic N) is 7. The van der Waals surface area contributed by atoms with Gasteiger partial charge in [0, 0.05) is 0 Å². The number of nitrogens with two attached hydrogens (primary N) is 2. The molecule has 10 atom stereocenters. The number of hydrogen-bond acceptors (Lipinski definition) is 18. The van der Waals surface area contributed by atoms with Gasteiger partial charge in [0.1, 0.15) is 60.3 Å². The number of nitrogen functional groups attached to an aromatic ring is 2. The van der Waals surface area contributed by atoms with Crippen molar-refractivity contribution in [3.05, 3.63) is 29.5 Å². The number of imidazole rings is 2. The summed E-state index contributed by atoms with van der Waals surface area (Å²) in [5, 5.41) is 22.5. The highest BCUT2D eigenvalue weighted by atomic mass is 32.7. The van der Waals surface area contributed by atoms with Crippen molar-refractivity contribution in [3.63, 3.8) is 0 Å². The molecule has 0 amide bonds. The van der Waals surface area contributed by atoms with Crippen molar-refractivity contribution in [1.29, 1.82) is 0 Å². The number of aromatic amines is 1. The van der Waals surface area contributed by atoms with E-state index in [2.05, 4.69) is 42.2 Å². The quantitative estimate of drug-likeness (QED) is 0.0942. The monoisotopic (exact) mass is 706 g/mol. The van der Waals surface area contributed by atoms with Crippen LogP contribution in [0.15, 0.2) is 23.8 Å². The van der Waals surface area contributed by atoms with Crippen LogP contribution in [-0.2, 0) is 43.9 Å². The predicted octanol–water partition coefficient (Wildman–Crippen LogP) is -1.29. The molecule has 0 aromatic carbocycles. The first-order chi connectivity index (χ1) is 21.3. The summed E-state index contributed by atoms with van der Waals surface area (Å²) in [6.07, 6.45) is -7.65. The van der Waals surface area contributed by atoms with Gasteiger partial charge in [-0.1, -0.05) is 12.2 Å². The Hall–Kier alpha value is -2.63. The lowest BCUT2D eigenvalue weighted by molar-refractivity contribution is -0.0583. The highest BCUT2D eigenvalue weighted by Crippen LogP contribution is 2.58. The maximum absolute atomic E-state index is 13.4. The van der Waals surface area contributed by atoms with Crippen molar-refractivity contribution >= 4 is 71.5 Å². The molecule has 3 aliphatic heterocycles. The van der Waals surface area contributed by atoms with E-state index in [-0.39, 0.29) is 34.0 Å². The highest BCUT2D eigenvalue weighted by Gasteiger charge is 2.53. The average Bonchev–Trinajstić information content (AvgIpc) is 3.71. The molecule has 8 N–H and O–H groups in total. The number of hydrogen-bond donors (Lipinski definition) is 7. The Bertz CT molecular complexity index is 1940. The molecule has 45 heavy (non-hydrogen) atoms. The third-order valence-corrected chi connectivity index (χ3v) is 10.6. The first kappa shape index (κ1) is 31.0. The average molecular weight is 707 g/mol. The van der Waals surface area contributed by atoms with Gasteiger partial charge in [-0.2, -0.15) is 0 Å². The smallest absolute Gasteiger partial charge is 0.386 e. The molecule has 0 radical (unpaired) electrons. The van der Waals surface area contributed by atoms with Crippen LogP contribution in [0.2, 0.25) is 0 Å². The topological polar surface area (TPSA) is 292 Å². The molecule has 25 heteroatoms. The predicted molar refractivity (Wildman–Crippen MR) is 157 cm³/mol. The summed E-state index contributed by atoms with van der Waals surface area (Å²) in [7, 11) is 0. The van der Waals surface area contributed by atoms with Gasteiger partial charge in [0.2, 0.25) is 0 Å². The minimum absolute atomic E-state index is 0.00374. The second-order valence-electron chi connectivity index (χ2n) is 10.1. The number of aliphatic hydroxyl groups excluding tert-OH is 2. The lowest BCUT2D eigenvalue weighted by Crippen LogP contribution is -2.39. The van der Waals surface area contributed by atoms with Gasteiger partial charge in [0.15, 0.2) is 35.4 Å². The van der Waals surface area contributed by atoms with E-state index in [9.17, 15) is 24.5 Å². The molecule has 7 rings (SSSR count). The molecule has 4 aromatic rings. The van der Waals surface area contributed by atoms with Crippen LogP contribution < -0.4 is 17.2 Å². The van der Waals surface area contributed by atoms with Gasteiger partial charge in [0.05, 0.1) is 19.5 Å². The first-order valence-electron chi connectivity index (χ1n) is 13.0. The van der Waals surface area contributed by atoms with Gasteiger partial charge < -0.3 is 45.6 Å². The summed E-state index contributed by atoms with van der Waals surface area (Å²) in [5.41, 5.74) is 11.5. The molecule has 7 heterocycles. The Kier molecular flexibility index (Phi) is 7.76. The number of ether oxygens (including phenoxy) is 2. The van der Waals surface area contributed by atoms with Crippen molar-refractivity contribution in [2.75, 3.05) is 24.7 Å². The number of aromatic nitrogens is 8. The molecular weight excluding hydrogens is 682 g/mol. The van der Waals surface area contributed by atoms with Crippen LogP contribution >= 0.6 is 25.8 Å². The highest BCUT2D eigenvalue weighted by molar-refractivity contribution is 8.44. The zero-order valence-electron chi connectivity index (χ0n) is 22.4. The van der Waals surface area contributed by atoms with Crippen LogP contribution in [0, 0.1) is 0 Å². The van der Waals surface area contributed by atoms with Gasteiger partial charge in [-0.3, -0.25) is 18.1 Å². The van der Waals surface area contributed by atoms with E-state index in [1.54, 1.807) is 0 Å². The first-order valence-corrected chi connectivity index (χ1v) is 18.2. The van der Waals surface area contributed by atoms with E-state index in [1.165, 1.54) is 17.2 Å². The van der Waals surface area contributed by atoms with Crippen molar-refractivity contribution in [1.82, 2.24) is 39.0 Å². The number of nitrogens with one attached hydrogen (secondary N) is 1. The summed E-state index contributed by atoms with van der Waals surface area (Å²) in [6, 6.07) is 0. The fraction of sp³-hybridized carbons (Fsp3) is 0.500. The zero-order valence-corrected chi connectivity index (χ0v) is 25.9. The molecule has 4 aromatic heterocycles. The van der Waals surface area contributed by atoms with Crippen LogP contribution in [0.25, 0.3) is 22.3 Å². The van der Waals surface area contributed by atoms with E-state index >= 15 is 0 Å². The molecule has 2 unspecified atom stereocenters. The zero-order chi connectivity index (χ0) is 31.8. The van der Waals surface area contributed by atoms with Gasteiger partial charge in [-0.15, -0.1) is 0 Å². The Balaban J connectivity index is 1.18. The SMILES string of the molecule is Nc1ncnc2c1ncn2[C@@H]1O[C@@H]2COP(=O)(S)O[C@H]3[C@@H](O)[C@H](n4c(=O)[nH]c5c(N)ncnc54)O[C@@H]3COP(O)(=S)O[C@H]2[C@H]1O. The van der Waals surface area contributed by atoms with Crippen LogP contribution in [0.1, 0.15) is 12.5 Å². The number of H-pyrrole nitrogens is 1. The van der Waals surface area contributed by atoms with Gasteiger partial charge in [-0.05, 0) is 11.8 Å². The van der Waals surface area contributed by atoms with Crippen molar-refractivity contribution in [2.24, 2.45) is 0 Å². The van der Waals surface area contributed by atoms with E-state index in [0.29, 0.717) is 0 Å². The Morgan fingerprint density at radius 3 is 2.31 bits per heavy atom. The summed E-state index contributed by atoms with van der Waals surface area (Å²) in [6.45, 7) is -9.68. The number of thiol groups is 1. The third-order valence-electron chi connectivity index (χ3n) is 7.38. The maximum Gasteiger partial charge on any atom is 0.386 e. The minimum Gasteiger partial charge on any atom is -0.386 e. The van der Waals surface area contributed by atoms with Crippen molar-refractivity contribution < 1.29 is 47.2 Å². The molecule has 3 saturated heterocycles. The van der Waals surface area contributed by atoms with E-state index < -0.39 is 81.5 Å². The third kappa shape index (κ3) is 5.46. The van der Waals surface area contributed by atoms with Crippen LogP contribution in [0.3, 0.4) is 0 Å². The second-order valence-corrected chi connectivity index (χ2v) is 15.8. The molecule has 0 spiro atoms. The number of anilines is 2. The number of fused-ring (bicyclic) bond motifs is 4. The summed E-state index contributed by atoms with van der Waals surface area (Å²) < 4.78 is 50.0. The molecule has 21 nitrogen and oxygen atoms in total. The fourth-order valence-electron chi connectivity index (χ4n) is 5.36. The van der Waals surface area contributed by atoms with Crippen LogP contribution in [0.5, 0.6) is 0 Å². The molecular formula is C20H24N10O11P2S2. The molecule has 0 aliphatic carbocycles. The molecule has 0 saturated carbocycles. The number of aliphatic hydroxyl groups is 2. The summed E-state index contributed by atoms with van der Waals surface area (Å²) in [5.74, 6) is 0.0607. The maximum atomic E-state index is 13.4. The van der Waals surface area contributed by atoms with Crippen molar-refractivity contribution in [2.45, 2.75) is 49.1 Å². The summed E-state index contributed by atoms with van der Waals surface area (Å²) >= 11 is 9.27. The van der Waals surface area contributed by atoms with Crippen LogP contribution in [-0.4, -0.2) is 104 Å². The van der Waals surface area contributed by atoms with Crippen LogP contribution in [0.4, 0.5) is 11.6 Å². The molecule has 3 aliphatic rings. The molecule has 242 valence electrons. The van der Waals surface area contributed by atoms with E-state index in [4.69, 9.17) is 50.8 Å². The lowest BCUT2D eigenvalue weighted by atomic mass is 10.1. The van der Waals surface area contributed by atoms with E-state index in [1.807, 2.05) is 0 Å². The van der Waals surface area contributed by atoms with E-state index in [0.717, 1.165) is 10.9 Å². The Morgan fingerprint density at radius 1 is 0.933 bits per heavy atom. The van der Waals surface area contributed by atoms with Gasteiger partial charge >= 0.3 is 19.2 Å². The molecule has 3 fully saturated rings. The Labute approximate surface area is 260 Å². The van der Waals surface area contributed by atoms with Crippen molar-refractivity contribution in [3.8, 4) is 0 Å². The number of rotatable bonds is 2. The van der Waals surface area contributed by atoms with Gasteiger partial charge in [0.25, 0.3) is 0 Å². The largest absolute Gasteiger partial charge is 0.386 e.